The van der Waals surface area contributed by atoms with E-state index in [1.54, 1.807) is 6.20 Å². The molecule has 5 heteroatoms. The van der Waals surface area contributed by atoms with Crippen LogP contribution >= 0.6 is 0 Å². The largest absolute Gasteiger partial charge is 0.365 e. The maximum Gasteiger partial charge on any atom is 0.139 e. The Morgan fingerprint density at radius 2 is 1.87 bits per heavy atom. The van der Waals surface area contributed by atoms with Crippen LogP contribution in [0.4, 0.5) is 5.82 Å². The summed E-state index contributed by atoms with van der Waals surface area (Å²) in [7, 11) is 0. The molecular formula is C18H19N5. The summed E-state index contributed by atoms with van der Waals surface area (Å²) in [6, 6.07) is 10.1. The lowest BCUT2D eigenvalue weighted by atomic mass is 10.1. The Kier molecular flexibility index (Phi) is 2.91. The lowest BCUT2D eigenvalue weighted by molar-refractivity contribution is 0.629. The van der Waals surface area contributed by atoms with E-state index in [9.17, 15) is 0 Å². The van der Waals surface area contributed by atoms with Crippen LogP contribution in [-0.4, -0.2) is 24.3 Å². The number of fused-ring (bicyclic) bond motifs is 2. The van der Waals surface area contributed by atoms with Gasteiger partial charge in [-0.3, -0.25) is 4.40 Å². The smallest absolute Gasteiger partial charge is 0.139 e. The molecule has 5 nitrogen and oxygen atoms in total. The van der Waals surface area contributed by atoms with Crippen molar-refractivity contribution >= 4 is 17.1 Å². The van der Waals surface area contributed by atoms with Crippen LogP contribution in [0.1, 0.15) is 20.8 Å². The molecule has 0 aliphatic carbocycles. The summed E-state index contributed by atoms with van der Waals surface area (Å²) < 4.78 is 4.11. The summed E-state index contributed by atoms with van der Waals surface area (Å²) in [5.41, 5.74) is 3.81. The van der Waals surface area contributed by atoms with Gasteiger partial charge in [0.15, 0.2) is 0 Å². The summed E-state index contributed by atoms with van der Waals surface area (Å²) in [5, 5.41) is 3.59. The van der Waals surface area contributed by atoms with Crippen LogP contribution in [0.5, 0.6) is 0 Å². The second kappa shape index (κ2) is 4.84. The maximum atomic E-state index is 4.82. The van der Waals surface area contributed by atoms with Gasteiger partial charge in [0.05, 0.1) is 0 Å². The van der Waals surface area contributed by atoms with Crippen LogP contribution in [0.15, 0.2) is 55.1 Å². The predicted octanol–water partition coefficient (Wildman–Crippen LogP) is 3.86. The highest BCUT2D eigenvalue weighted by atomic mass is 15.2. The van der Waals surface area contributed by atoms with Crippen molar-refractivity contribution in [1.82, 2.24) is 18.8 Å². The number of rotatable bonds is 2. The Bertz CT molecular complexity index is 987. The minimum Gasteiger partial charge on any atom is -0.365 e. The Hall–Kier alpha value is -2.82. The van der Waals surface area contributed by atoms with Crippen LogP contribution in [0.3, 0.4) is 0 Å². The van der Waals surface area contributed by atoms with Crippen molar-refractivity contribution in [3.8, 4) is 11.3 Å². The van der Waals surface area contributed by atoms with Crippen molar-refractivity contribution in [2.45, 2.75) is 26.3 Å². The van der Waals surface area contributed by atoms with Gasteiger partial charge in [0, 0.05) is 35.9 Å². The molecule has 0 bridgehead atoms. The molecule has 4 heterocycles. The number of imidazole rings is 2. The fourth-order valence-electron chi connectivity index (χ4n) is 2.73. The van der Waals surface area contributed by atoms with E-state index < -0.39 is 0 Å². The van der Waals surface area contributed by atoms with Gasteiger partial charge < -0.3 is 9.72 Å². The SMILES string of the molecule is CC(C)(C)Nc1c(-c2ccc3nccn3c2)nc2ccccn12. The molecule has 1 N–H and O–H groups in total. The lowest BCUT2D eigenvalue weighted by Crippen LogP contribution is -2.27. The quantitative estimate of drug-likeness (QED) is 0.612. The molecule has 0 aliphatic heterocycles. The van der Waals surface area contributed by atoms with Gasteiger partial charge in [-0.25, -0.2) is 9.97 Å². The molecule has 0 spiro atoms. The first kappa shape index (κ1) is 13.8. The van der Waals surface area contributed by atoms with E-state index in [2.05, 4.69) is 47.7 Å². The number of aromatic nitrogens is 4. The third-order valence-corrected chi connectivity index (χ3v) is 3.69. The van der Waals surface area contributed by atoms with Gasteiger partial charge in [0.2, 0.25) is 0 Å². The number of hydrogen-bond donors (Lipinski definition) is 1. The maximum absolute atomic E-state index is 4.82. The fraction of sp³-hybridized carbons (Fsp3) is 0.222. The van der Waals surface area contributed by atoms with E-state index in [1.807, 2.05) is 41.1 Å². The van der Waals surface area contributed by atoms with Crippen LogP contribution in [0, 0.1) is 0 Å². The second-order valence-electron chi connectivity index (χ2n) is 6.72. The molecule has 0 fully saturated rings. The Morgan fingerprint density at radius 3 is 2.70 bits per heavy atom. The molecule has 0 aliphatic rings. The number of nitrogens with one attached hydrogen (secondary N) is 1. The van der Waals surface area contributed by atoms with Gasteiger partial charge >= 0.3 is 0 Å². The van der Waals surface area contributed by atoms with E-state index in [-0.39, 0.29) is 5.54 Å². The molecule has 0 radical (unpaired) electrons. The van der Waals surface area contributed by atoms with Gasteiger partial charge in [-0.1, -0.05) is 6.07 Å². The molecule has 0 saturated heterocycles. The van der Waals surface area contributed by atoms with E-state index in [4.69, 9.17) is 4.98 Å². The number of pyridine rings is 2. The molecule has 4 aromatic rings. The number of anilines is 1. The summed E-state index contributed by atoms with van der Waals surface area (Å²) in [6.07, 6.45) is 7.86. The topological polar surface area (TPSA) is 46.6 Å². The van der Waals surface area contributed by atoms with E-state index in [0.29, 0.717) is 0 Å². The first-order chi connectivity index (χ1) is 11.0. The molecule has 0 atom stereocenters. The summed E-state index contributed by atoms with van der Waals surface area (Å²) in [4.78, 5) is 9.12. The van der Waals surface area contributed by atoms with E-state index in [0.717, 1.165) is 28.4 Å². The Labute approximate surface area is 134 Å². The van der Waals surface area contributed by atoms with Crippen molar-refractivity contribution in [3.63, 3.8) is 0 Å². The van der Waals surface area contributed by atoms with E-state index in [1.165, 1.54) is 0 Å². The average Bonchev–Trinajstić information content (AvgIpc) is 3.10. The van der Waals surface area contributed by atoms with Crippen molar-refractivity contribution in [2.24, 2.45) is 0 Å². The van der Waals surface area contributed by atoms with Crippen LogP contribution in [-0.2, 0) is 0 Å². The fourth-order valence-corrected chi connectivity index (χ4v) is 2.73. The van der Waals surface area contributed by atoms with Crippen molar-refractivity contribution in [1.29, 1.82) is 0 Å². The molecule has 4 rings (SSSR count). The molecule has 0 unspecified atom stereocenters. The molecule has 4 aromatic heterocycles. The zero-order valence-electron chi connectivity index (χ0n) is 13.5. The van der Waals surface area contributed by atoms with Crippen LogP contribution in [0.25, 0.3) is 22.6 Å². The van der Waals surface area contributed by atoms with Gasteiger partial charge in [-0.15, -0.1) is 0 Å². The molecular weight excluding hydrogens is 286 g/mol. The lowest BCUT2D eigenvalue weighted by Gasteiger charge is -2.22. The Morgan fingerprint density at radius 1 is 1.00 bits per heavy atom. The van der Waals surface area contributed by atoms with Crippen LogP contribution < -0.4 is 5.32 Å². The first-order valence-electron chi connectivity index (χ1n) is 7.70. The highest BCUT2D eigenvalue weighted by Gasteiger charge is 2.19. The third-order valence-electron chi connectivity index (χ3n) is 3.69. The van der Waals surface area contributed by atoms with E-state index >= 15 is 0 Å². The van der Waals surface area contributed by atoms with Crippen molar-refractivity contribution < 1.29 is 0 Å². The Balaban J connectivity index is 1.95. The van der Waals surface area contributed by atoms with Crippen LogP contribution in [0.2, 0.25) is 0 Å². The molecule has 0 aromatic carbocycles. The molecule has 0 amide bonds. The van der Waals surface area contributed by atoms with Gasteiger partial charge in [0.25, 0.3) is 0 Å². The zero-order valence-corrected chi connectivity index (χ0v) is 13.5. The predicted molar refractivity (Wildman–Crippen MR) is 92.8 cm³/mol. The monoisotopic (exact) mass is 305 g/mol. The van der Waals surface area contributed by atoms with Crippen molar-refractivity contribution in [3.05, 3.63) is 55.1 Å². The van der Waals surface area contributed by atoms with Gasteiger partial charge in [0.1, 0.15) is 22.8 Å². The summed E-state index contributed by atoms with van der Waals surface area (Å²) in [5.74, 6) is 1.01. The highest BCUT2D eigenvalue weighted by Crippen LogP contribution is 2.30. The number of nitrogens with zero attached hydrogens (tertiary/aromatic N) is 4. The van der Waals surface area contributed by atoms with Gasteiger partial charge in [-0.2, -0.15) is 0 Å². The second-order valence-corrected chi connectivity index (χ2v) is 6.72. The summed E-state index contributed by atoms with van der Waals surface area (Å²) in [6.45, 7) is 6.45. The zero-order chi connectivity index (χ0) is 16.0. The normalized spacial score (nSPS) is 12.1. The standard InChI is InChI=1S/C18H19N5/c1-18(2,3)21-17-16(20-15-6-4-5-10-23(15)17)13-7-8-14-19-9-11-22(14)12-13/h4-12,21H,1-3H3. The van der Waals surface area contributed by atoms with Crippen molar-refractivity contribution in [2.75, 3.05) is 5.32 Å². The first-order valence-corrected chi connectivity index (χ1v) is 7.70. The molecule has 23 heavy (non-hydrogen) atoms. The third kappa shape index (κ3) is 2.44. The summed E-state index contributed by atoms with van der Waals surface area (Å²) >= 11 is 0. The number of hydrogen-bond acceptors (Lipinski definition) is 3. The highest BCUT2D eigenvalue weighted by molar-refractivity contribution is 5.77. The van der Waals surface area contributed by atoms with Gasteiger partial charge in [-0.05, 0) is 45.0 Å². The minimum absolute atomic E-state index is 0.0559. The molecule has 116 valence electrons. The average molecular weight is 305 g/mol. The minimum atomic E-state index is -0.0559. The molecule has 0 saturated carbocycles.